The van der Waals surface area contributed by atoms with E-state index in [4.69, 9.17) is 14.7 Å². The molecule has 0 unspecified atom stereocenters. The van der Waals surface area contributed by atoms with Crippen molar-refractivity contribution >= 4 is 39.4 Å². The van der Waals surface area contributed by atoms with Crippen LogP contribution in [0.25, 0.3) is 33.2 Å². The third kappa shape index (κ3) is 3.03. The van der Waals surface area contributed by atoms with Gasteiger partial charge in [0.1, 0.15) is 17.2 Å². The number of para-hydroxylation sites is 2. The number of hydrogen-bond acceptors (Lipinski definition) is 6. The molecule has 3 heterocycles. The van der Waals surface area contributed by atoms with E-state index in [0.717, 1.165) is 11.1 Å². The molecule has 3 aromatic heterocycles. The van der Waals surface area contributed by atoms with Gasteiger partial charge in [0.05, 0.1) is 30.4 Å². The molecule has 0 saturated carbocycles. The molecule has 8 heteroatoms. The highest BCUT2D eigenvalue weighted by molar-refractivity contribution is 6.04. The van der Waals surface area contributed by atoms with E-state index in [1.807, 2.05) is 54.6 Å². The number of nitrogens with zero attached hydrogens (tertiary/aromatic N) is 6. The third-order valence-electron chi connectivity index (χ3n) is 4.87. The van der Waals surface area contributed by atoms with Gasteiger partial charge in [-0.25, -0.2) is 15.0 Å². The summed E-state index contributed by atoms with van der Waals surface area (Å²) < 4.78 is 8.21. The average molecular weight is 398 g/mol. The van der Waals surface area contributed by atoms with Gasteiger partial charge in [0.2, 0.25) is 0 Å². The second kappa shape index (κ2) is 7.49. The number of methoxy groups -OCH3 is 1. The molecule has 30 heavy (non-hydrogen) atoms. The minimum absolute atomic E-state index is 0.194. The summed E-state index contributed by atoms with van der Waals surface area (Å²) in [4.78, 5) is 27.2. The third-order valence-corrected chi connectivity index (χ3v) is 4.87. The number of rotatable bonds is 5. The Morgan fingerprint density at radius 3 is 2.50 bits per heavy atom. The molecule has 0 spiro atoms. The fourth-order valence-electron chi connectivity index (χ4n) is 3.38. The molecule has 0 aliphatic carbocycles. The molecule has 5 aromatic rings. The first-order valence-corrected chi connectivity index (χ1v) is 9.51. The summed E-state index contributed by atoms with van der Waals surface area (Å²) in [6, 6.07) is 17.3. The van der Waals surface area contributed by atoms with E-state index < -0.39 is 0 Å². The SMILES string of the molecule is COCCn1cnc2c(c1=O)c1nc3ccccc3nc1n2/N=C/c1ccccc1. The second-order valence-corrected chi connectivity index (χ2v) is 6.79. The van der Waals surface area contributed by atoms with Crippen molar-refractivity contribution in [2.45, 2.75) is 6.54 Å². The van der Waals surface area contributed by atoms with Crippen LogP contribution in [0.2, 0.25) is 0 Å². The van der Waals surface area contributed by atoms with E-state index in [1.54, 1.807) is 18.0 Å². The highest BCUT2D eigenvalue weighted by atomic mass is 16.5. The van der Waals surface area contributed by atoms with Gasteiger partial charge in [-0.2, -0.15) is 9.78 Å². The summed E-state index contributed by atoms with van der Waals surface area (Å²) in [5, 5.41) is 4.98. The molecular weight excluding hydrogens is 380 g/mol. The van der Waals surface area contributed by atoms with Crippen LogP contribution in [0.3, 0.4) is 0 Å². The molecule has 2 aromatic carbocycles. The maximum Gasteiger partial charge on any atom is 0.265 e. The second-order valence-electron chi connectivity index (χ2n) is 6.79. The van der Waals surface area contributed by atoms with Crippen LogP contribution in [0.4, 0.5) is 0 Å². The normalized spacial score (nSPS) is 11.9. The zero-order valence-corrected chi connectivity index (χ0v) is 16.3. The van der Waals surface area contributed by atoms with Crippen molar-refractivity contribution in [1.82, 2.24) is 24.2 Å². The van der Waals surface area contributed by atoms with E-state index in [2.05, 4.69) is 10.1 Å². The summed E-state index contributed by atoms with van der Waals surface area (Å²) in [6.07, 6.45) is 3.23. The van der Waals surface area contributed by atoms with Crippen molar-refractivity contribution in [3.05, 3.63) is 76.8 Å². The zero-order valence-electron chi connectivity index (χ0n) is 16.3. The first kappa shape index (κ1) is 18.1. The Morgan fingerprint density at radius 1 is 1.00 bits per heavy atom. The zero-order chi connectivity index (χ0) is 20.5. The molecule has 0 N–H and O–H groups in total. The maximum absolute atomic E-state index is 13.2. The van der Waals surface area contributed by atoms with Crippen molar-refractivity contribution in [1.29, 1.82) is 0 Å². The Morgan fingerprint density at radius 2 is 1.73 bits per heavy atom. The predicted octanol–water partition coefficient (Wildman–Crippen LogP) is 2.82. The quantitative estimate of drug-likeness (QED) is 0.425. The molecule has 0 fully saturated rings. The lowest BCUT2D eigenvalue weighted by Crippen LogP contribution is -2.22. The van der Waals surface area contributed by atoms with Gasteiger partial charge in [-0.15, -0.1) is 0 Å². The Bertz CT molecular complexity index is 1450. The Kier molecular flexibility index (Phi) is 4.53. The van der Waals surface area contributed by atoms with Gasteiger partial charge in [-0.3, -0.25) is 9.36 Å². The molecule has 148 valence electrons. The van der Waals surface area contributed by atoms with Crippen LogP contribution in [0.5, 0.6) is 0 Å². The lowest BCUT2D eigenvalue weighted by molar-refractivity contribution is 0.186. The van der Waals surface area contributed by atoms with Crippen molar-refractivity contribution in [2.75, 3.05) is 13.7 Å². The van der Waals surface area contributed by atoms with Crippen LogP contribution < -0.4 is 5.56 Å². The van der Waals surface area contributed by atoms with Crippen LogP contribution >= 0.6 is 0 Å². The fourth-order valence-corrected chi connectivity index (χ4v) is 3.38. The minimum Gasteiger partial charge on any atom is -0.383 e. The number of hydrogen-bond donors (Lipinski definition) is 0. The van der Waals surface area contributed by atoms with E-state index in [-0.39, 0.29) is 5.56 Å². The first-order chi connectivity index (χ1) is 14.8. The number of ether oxygens (including phenoxy) is 1. The molecule has 0 amide bonds. The van der Waals surface area contributed by atoms with Crippen LogP contribution in [-0.4, -0.2) is 44.1 Å². The fraction of sp³-hybridized carbons (Fsp3) is 0.136. The average Bonchev–Trinajstić information content (AvgIpc) is 3.09. The number of fused-ring (bicyclic) bond motifs is 4. The van der Waals surface area contributed by atoms with Gasteiger partial charge in [0.25, 0.3) is 5.56 Å². The van der Waals surface area contributed by atoms with Gasteiger partial charge in [-0.1, -0.05) is 42.5 Å². The van der Waals surface area contributed by atoms with Gasteiger partial charge >= 0.3 is 0 Å². The summed E-state index contributed by atoms with van der Waals surface area (Å²) in [5.41, 5.74) is 3.57. The monoisotopic (exact) mass is 398 g/mol. The standard InChI is InChI=1S/C22H18N6O2/c1-30-12-11-27-14-23-20-18(22(27)29)19-21(26-17-10-6-5-9-16(17)25-19)28(20)24-13-15-7-3-2-4-8-15/h2-10,13-14H,11-12H2,1H3/b24-13+. The minimum atomic E-state index is -0.194. The summed E-state index contributed by atoms with van der Waals surface area (Å²) in [5.74, 6) is 0. The lowest BCUT2D eigenvalue weighted by Gasteiger charge is -2.04. The molecule has 5 rings (SSSR count). The van der Waals surface area contributed by atoms with Crippen LogP contribution in [-0.2, 0) is 11.3 Å². The van der Waals surface area contributed by atoms with Gasteiger partial charge in [0.15, 0.2) is 11.3 Å². The van der Waals surface area contributed by atoms with E-state index in [9.17, 15) is 4.79 Å². The highest BCUT2D eigenvalue weighted by Crippen LogP contribution is 2.24. The topological polar surface area (TPSA) is 87.2 Å². The smallest absolute Gasteiger partial charge is 0.265 e. The highest BCUT2D eigenvalue weighted by Gasteiger charge is 2.19. The maximum atomic E-state index is 13.2. The molecule has 0 saturated heterocycles. The van der Waals surface area contributed by atoms with E-state index in [1.165, 1.54) is 10.9 Å². The molecule has 0 atom stereocenters. The predicted molar refractivity (Wildman–Crippen MR) is 116 cm³/mol. The number of benzene rings is 2. The molecular formula is C22H18N6O2. The summed E-state index contributed by atoms with van der Waals surface area (Å²) in [6.45, 7) is 0.811. The van der Waals surface area contributed by atoms with Crippen LogP contribution in [0.1, 0.15) is 5.56 Å². The van der Waals surface area contributed by atoms with Gasteiger partial charge in [-0.05, 0) is 17.7 Å². The van der Waals surface area contributed by atoms with Crippen molar-refractivity contribution in [3.8, 4) is 0 Å². The van der Waals surface area contributed by atoms with Crippen LogP contribution in [0.15, 0.2) is 70.8 Å². The van der Waals surface area contributed by atoms with Crippen molar-refractivity contribution in [3.63, 3.8) is 0 Å². The summed E-state index contributed by atoms with van der Waals surface area (Å²) >= 11 is 0. The Balaban J connectivity index is 1.82. The van der Waals surface area contributed by atoms with Gasteiger partial charge in [0, 0.05) is 7.11 Å². The Labute approximate surface area is 171 Å². The Hall–Kier alpha value is -3.91. The van der Waals surface area contributed by atoms with Crippen molar-refractivity contribution < 1.29 is 4.74 Å². The van der Waals surface area contributed by atoms with Gasteiger partial charge < -0.3 is 4.74 Å². The first-order valence-electron chi connectivity index (χ1n) is 9.51. The summed E-state index contributed by atoms with van der Waals surface area (Å²) in [7, 11) is 1.60. The molecule has 0 aliphatic heterocycles. The molecule has 8 nitrogen and oxygen atoms in total. The lowest BCUT2D eigenvalue weighted by atomic mass is 10.2. The number of aromatic nitrogens is 5. The van der Waals surface area contributed by atoms with Crippen molar-refractivity contribution in [2.24, 2.45) is 5.10 Å². The molecule has 0 aliphatic rings. The largest absolute Gasteiger partial charge is 0.383 e. The van der Waals surface area contributed by atoms with E-state index in [0.29, 0.717) is 40.9 Å². The molecule has 0 bridgehead atoms. The molecule has 0 radical (unpaired) electrons. The van der Waals surface area contributed by atoms with Crippen LogP contribution in [0, 0.1) is 0 Å². The van der Waals surface area contributed by atoms with E-state index >= 15 is 0 Å².